The average Bonchev–Trinajstić information content (AvgIpc) is 3.08. The van der Waals surface area contributed by atoms with E-state index in [1.165, 1.54) is 12.8 Å². The summed E-state index contributed by atoms with van der Waals surface area (Å²) in [5.74, 6) is 0.210. The first kappa shape index (κ1) is 13.1. The molecule has 1 heterocycles. The molecule has 1 aromatic heterocycles. The Morgan fingerprint density at radius 2 is 2.33 bits per heavy atom. The number of likely N-dealkylation sites (N-methyl/N-ethyl adjacent to an activating group) is 1. The Kier molecular flexibility index (Phi) is 4.01. The molecule has 1 aliphatic rings. The fourth-order valence-electron chi connectivity index (χ4n) is 2.25. The third kappa shape index (κ3) is 3.10. The van der Waals surface area contributed by atoms with Gasteiger partial charge in [0.1, 0.15) is 0 Å². The van der Waals surface area contributed by atoms with Gasteiger partial charge in [-0.1, -0.05) is 0 Å². The Labute approximate surface area is 108 Å². The minimum Gasteiger partial charge on any atom is -0.339 e. The van der Waals surface area contributed by atoms with Crippen LogP contribution in [0.1, 0.15) is 31.0 Å². The molecule has 0 aliphatic heterocycles. The van der Waals surface area contributed by atoms with Gasteiger partial charge in [0.25, 0.3) is 0 Å². The van der Waals surface area contributed by atoms with Crippen LogP contribution in [-0.2, 0) is 18.4 Å². The standard InChI is InChI=1S/C13H22N4O/c1-4-17(12-5-6-12)13(18)8-14-7-11-9-16(3)15-10(11)2/h9,12,14H,4-8H2,1-3H3. The van der Waals surface area contributed by atoms with Crippen LogP contribution in [0.3, 0.4) is 0 Å². The molecule has 1 aliphatic carbocycles. The highest BCUT2D eigenvalue weighted by Crippen LogP contribution is 2.26. The summed E-state index contributed by atoms with van der Waals surface area (Å²) in [5, 5.41) is 7.49. The number of aryl methyl sites for hydroxylation is 2. The van der Waals surface area contributed by atoms with Crippen molar-refractivity contribution in [3.63, 3.8) is 0 Å². The summed E-state index contributed by atoms with van der Waals surface area (Å²) in [6, 6.07) is 0.504. The first-order chi connectivity index (χ1) is 8.61. The number of carbonyl (C=O) groups excluding carboxylic acids is 1. The summed E-state index contributed by atoms with van der Waals surface area (Å²) in [6.07, 6.45) is 4.33. The maximum absolute atomic E-state index is 12.0. The highest BCUT2D eigenvalue weighted by Gasteiger charge is 2.30. The van der Waals surface area contributed by atoms with Gasteiger partial charge in [0.15, 0.2) is 0 Å². The molecule has 2 rings (SSSR count). The van der Waals surface area contributed by atoms with Crippen molar-refractivity contribution in [2.75, 3.05) is 13.1 Å². The van der Waals surface area contributed by atoms with Gasteiger partial charge in [0, 0.05) is 37.9 Å². The third-order valence-corrected chi connectivity index (χ3v) is 3.36. The molecule has 18 heavy (non-hydrogen) atoms. The number of nitrogens with one attached hydrogen (secondary N) is 1. The van der Waals surface area contributed by atoms with E-state index in [9.17, 15) is 4.79 Å². The molecular weight excluding hydrogens is 228 g/mol. The molecule has 5 heteroatoms. The Bertz CT molecular complexity index is 423. The van der Waals surface area contributed by atoms with Crippen LogP contribution in [0, 0.1) is 6.92 Å². The summed E-state index contributed by atoms with van der Waals surface area (Å²) in [4.78, 5) is 14.0. The van der Waals surface area contributed by atoms with Crippen molar-refractivity contribution < 1.29 is 4.79 Å². The van der Waals surface area contributed by atoms with Gasteiger partial charge < -0.3 is 10.2 Å². The molecule has 5 nitrogen and oxygen atoms in total. The third-order valence-electron chi connectivity index (χ3n) is 3.36. The summed E-state index contributed by atoms with van der Waals surface area (Å²) in [6.45, 7) is 5.96. The van der Waals surface area contributed by atoms with Gasteiger partial charge in [-0.3, -0.25) is 9.48 Å². The Balaban J connectivity index is 1.77. The van der Waals surface area contributed by atoms with Crippen molar-refractivity contribution >= 4 is 5.91 Å². The number of amides is 1. The van der Waals surface area contributed by atoms with Crippen molar-refractivity contribution in [2.24, 2.45) is 7.05 Å². The monoisotopic (exact) mass is 250 g/mol. The summed E-state index contributed by atoms with van der Waals surface area (Å²) in [7, 11) is 1.91. The van der Waals surface area contributed by atoms with E-state index in [4.69, 9.17) is 0 Å². The Morgan fingerprint density at radius 1 is 1.61 bits per heavy atom. The topological polar surface area (TPSA) is 50.2 Å². The van der Waals surface area contributed by atoms with Crippen LogP contribution in [0.25, 0.3) is 0 Å². The summed E-state index contributed by atoms with van der Waals surface area (Å²) < 4.78 is 1.80. The fourth-order valence-corrected chi connectivity index (χ4v) is 2.25. The quantitative estimate of drug-likeness (QED) is 0.813. The zero-order chi connectivity index (χ0) is 13.1. The van der Waals surface area contributed by atoms with Gasteiger partial charge in [-0.25, -0.2) is 0 Å². The van der Waals surface area contributed by atoms with Crippen molar-refractivity contribution in [2.45, 2.75) is 39.3 Å². The lowest BCUT2D eigenvalue weighted by molar-refractivity contribution is -0.130. The number of rotatable bonds is 6. The second-order valence-corrected chi connectivity index (χ2v) is 4.93. The summed E-state index contributed by atoms with van der Waals surface area (Å²) in [5.41, 5.74) is 2.17. The molecule has 0 unspecified atom stereocenters. The van der Waals surface area contributed by atoms with E-state index in [-0.39, 0.29) is 5.91 Å². The smallest absolute Gasteiger partial charge is 0.236 e. The van der Waals surface area contributed by atoms with E-state index < -0.39 is 0 Å². The summed E-state index contributed by atoms with van der Waals surface area (Å²) >= 11 is 0. The zero-order valence-corrected chi connectivity index (χ0v) is 11.4. The molecule has 1 aromatic rings. The molecule has 0 spiro atoms. The van der Waals surface area contributed by atoms with Gasteiger partial charge in [-0.2, -0.15) is 5.10 Å². The lowest BCUT2D eigenvalue weighted by Gasteiger charge is -2.20. The molecule has 1 amide bonds. The lowest BCUT2D eigenvalue weighted by Crippen LogP contribution is -2.39. The minimum atomic E-state index is 0.210. The molecule has 1 N–H and O–H groups in total. The van der Waals surface area contributed by atoms with Gasteiger partial charge in [0.05, 0.1) is 12.2 Å². The van der Waals surface area contributed by atoms with Gasteiger partial charge in [-0.15, -0.1) is 0 Å². The maximum Gasteiger partial charge on any atom is 0.236 e. The highest BCUT2D eigenvalue weighted by molar-refractivity contribution is 5.78. The van der Waals surface area contributed by atoms with Gasteiger partial charge in [-0.05, 0) is 26.7 Å². The lowest BCUT2D eigenvalue weighted by atomic mass is 10.2. The van der Waals surface area contributed by atoms with Crippen LogP contribution in [0.15, 0.2) is 6.20 Å². The van der Waals surface area contributed by atoms with Crippen LogP contribution >= 0.6 is 0 Å². The molecule has 0 atom stereocenters. The molecule has 0 radical (unpaired) electrons. The Hall–Kier alpha value is -1.36. The SMILES string of the molecule is CCN(C(=O)CNCc1cn(C)nc1C)C1CC1. The number of aromatic nitrogens is 2. The van der Waals surface area contributed by atoms with Gasteiger partial charge >= 0.3 is 0 Å². The van der Waals surface area contributed by atoms with Gasteiger partial charge in [0.2, 0.25) is 5.91 Å². The molecule has 1 saturated carbocycles. The largest absolute Gasteiger partial charge is 0.339 e. The van der Waals surface area contributed by atoms with E-state index >= 15 is 0 Å². The molecular formula is C13H22N4O. The molecule has 0 bridgehead atoms. The van der Waals surface area contributed by atoms with E-state index in [1.54, 1.807) is 4.68 Å². The molecule has 0 aromatic carbocycles. The highest BCUT2D eigenvalue weighted by atomic mass is 16.2. The maximum atomic E-state index is 12.0. The Morgan fingerprint density at radius 3 is 2.83 bits per heavy atom. The van der Waals surface area contributed by atoms with Crippen LogP contribution in [0.2, 0.25) is 0 Å². The minimum absolute atomic E-state index is 0.210. The van der Waals surface area contributed by atoms with Crippen LogP contribution < -0.4 is 5.32 Å². The predicted molar refractivity (Wildman–Crippen MR) is 70.1 cm³/mol. The normalized spacial score (nSPS) is 14.8. The van der Waals surface area contributed by atoms with E-state index in [0.717, 1.165) is 17.8 Å². The molecule has 1 fully saturated rings. The molecule has 100 valence electrons. The predicted octanol–water partition coefficient (Wildman–Crippen LogP) is 0.829. The van der Waals surface area contributed by atoms with Crippen LogP contribution in [-0.4, -0.2) is 39.7 Å². The number of carbonyl (C=O) groups is 1. The van der Waals surface area contributed by atoms with E-state index in [0.29, 0.717) is 19.1 Å². The van der Waals surface area contributed by atoms with E-state index in [1.807, 2.05) is 32.0 Å². The number of nitrogens with zero attached hydrogens (tertiary/aromatic N) is 3. The fraction of sp³-hybridized carbons (Fsp3) is 0.692. The second-order valence-electron chi connectivity index (χ2n) is 4.93. The first-order valence-corrected chi connectivity index (χ1v) is 6.61. The van der Waals surface area contributed by atoms with Crippen molar-refractivity contribution in [3.05, 3.63) is 17.5 Å². The average molecular weight is 250 g/mol. The first-order valence-electron chi connectivity index (χ1n) is 6.61. The zero-order valence-electron chi connectivity index (χ0n) is 11.4. The van der Waals surface area contributed by atoms with E-state index in [2.05, 4.69) is 10.4 Å². The van der Waals surface area contributed by atoms with Crippen LogP contribution in [0.4, 0.5) is 0 Å². The number of hydrogen-bond acceptors (Lipinski definition) is 3. The number of hydrogen-bond donors (Lipinski definition) is 1. The second kappa shape index (κ2) is 5.52. The van der Waals surface area contributed by atoms with Crippen molar-refractivity contribution in [1.82, 2.24) is 20.0 Å². The molecule has 0 saturated heterocycles. The van der Waals surface area contributed by atoms with Crippen molar-refractivity contribution in [3.8, 4) is 0 Å². The van der Waals surface area contributed by atoms with Crippen molar-refractivity contribution in [1.29, 1.82) is 0 Å². The van der Waals surface area contributed by atoms with Crippen LogP contribution in [0.5, 0.6) is 0 Å².